The van der Waals surface area contributed by atoms with E-state index >= 15 is 0 Å². The average molecular weight is 479 g/mol. The summed E-state index contributed by atoms with van der Waals surface area (Å²) in [6.45, 7) is 0.214. The van der Waals surface area contributed by atoms with Crippen LogP contribution in [0.5, 0.6) is 5.75 Å². The van der Waals surface area contributed by atoms with Gasteiger partial charge in [-0.05, 0) is 72.9 Å². The highest BCUT2D eigenvalue weighted by molar-refractivity contribution is 6.00. The third-order valence-electron chi connectivity index (χ3n) is 7.36. The standard InChI is InChI=1S/C30H30N4O2/c1-36-24-13-14-28-25(17-24)26(27-16-22-8-5-15-31-30(22)33-27)18-34(28)19-29(35)32-23-11-9-21(10-12-23)20-6-3-2-4-7-20/h5,8-18,20H,2-4,6-7,19H2,1H3,(H,31,33)(H,32,35). The van der Waals surface area contributed by atoms with Gasteiger partial charge in [-0.1, -0.05) is 31.4 Å². The minimum absolute atomic E-state index is 0.0574. The van der Waals surface area contributed by atoms with Crippen LogP contribution in [0.3, 0.4) is 0 Å². The largest absolute Gasteiger partial charge is 0.497 e. The summed E-state index contributed by atoms with van der Waals surface area (Å²) in [6.07, 6.45) is 10.3. The molecule has 5 aromatic rings. The molecule has 1 amide bonds. The first-order valence-corrected chi connectivity index (χ1v) is 12.7. The van der Waals surface area contributed by atoms with Crippen molar-refractivity contribution in [3.63, 3.8) is 0 Å². The van der Waals surface area contributed by atoms with Crippen molar-refractivity contribution in [3.05, 3.63) is 78.6 Å². The summed E-state index contributed by atoms with van der Waals surface area (Å²) in [4.78, 5) is 20.9. The van der Waals surface area contributed by atoms with Crippen LogP contribution >= 0.6 is 0 Å². The third-order valence-corrected chi connectivity index (χ3v) is 7.36. The van der Waals surface area contributed by atoms with Crippen LogP contribution in [0.2, 0.25) is 0 Å². The zero-order valence-electron chi connectivity index (χ0n) is 20.5. The van der Waals surface area contributed by atoms with Crippen LogP contribution in [0.1, 0.15) is 43.6 Å². The van der Waals surface area contributed by atoms with E-state index in [1.807, 2.05) is 53.2 Å². The maximum atomic E-state index is 13.0. The number of nitrogens with one attached hydrogen (secondary N) is 2. The second kappa shape index (κ2) is 9.53. The van der Waals surface area contributed by atoms with E-state index < -0.39 is 0 Å². The number of H-pyrrole nitrogens is 1. The van der Waals surface area contributed by atoms with Crippen molar-refractivity contribution < 1.29 is 9.53 Å². The molecule has 1 saturated carbocycles. The van der Waals surface area contributed by atoms with Crippen LogP contribution in [0.25, 0.3) is 33.2 Å². The van der Waals surface area contributed by atoms with Crippen LogP contribution in [0.15, 0.2) is 73.1 Å². The SMILES string of the molecule is COc1ccc2c(c1)c(-c1cc3cccnc3[nH]1)cn2CC(=O)Nc1ccc(C2CCCCC2)cc1. The molecule has 0 spiro atoms. The number of pyridine rings is 1. The molecule has 2 N–H and O–H groups in total. The van der Waals surface area contributed by atoms with Crippen molar-refractivity contribution >= 4 is 33.5 Å². The summed E-state index contributed by atoms with van der Waals surface area (Å²) in [5, 5.41) is 5.14. The number of nitrogens with zero attached hydrogens (tertiary/aromatic N) is 2. The highest BCUT2D eigenvalue weighted by atomic mass is 16.5. The second-order valence-electron chi connectivity index (χ2n) is 9.68. The molecule has 1 aliphatic carbocycles. The fourth-order valence-electron chi connectivity index (χ4n) is 5.48. The van der Waals surface area contributed by atoms with Gasteiger partial charge in [0.25, 0.3) is 0 Å². The number of benzene rings is 2. The van der Waals surface area contributed by atoms with Crippen LogP contribution in [0.4, 0.5) is 5.69 Å². The van der Waals surface area contributed by atoms with Crippen LogP contribution in [0, 0.1) is 0 Å². The molecule has 0 atom stereocenters. The van der Waals surface area contributed by atoms with Gasteiger partial charge in [0.15, 0.2) is 0 Å². The predicted molar refractivity (Wildman–Crippen MR) is 144 cm³/mol. The van der Waals surface area contributed by atoms with Gasteiger partial charge in [0.05, 0.1) is 7.11 Å². The molecular formula is C30H30N4O2. The van der Waals surface area contributed by atoms with Gasteiger partial charge in [0, 0.05) is 45.6 Å². The number of fused-ring (bicyclic) bond motifs is 2. The Morgan fingerprint density at radius 3 is 2.69 bits per heavy atom. The number of carbonyl (C=O) groups is 1. The molecule has 0 unspecified atom stereocenters. The number of ether oxygens (including phenoxy) is 1. The van der Waals surface area contributed by atoms with E-state index in [9.17, 15) is 4.79 Å². The lowest BCUT2D eigenvalue weighted by Crippen LogP contribution is -2.18. The van der Waals surface area contributed by atoms with E-state index in [1.165, 1.54) is 37.7 Å². The lowest BCUT2D eigenvalue weighted by Gasteiger charge is -2.22. The highest BCUT2D eigenvalue weighted by Crippen LogP contribution is 2.35. The number of aromatic amines is 1. The highest BCUT2D eigenvalue weighted by Gasteiger charge is 2.17. The minimum atomic E-state index is -0.0574. The normalized spacial score (nSPS) is 14.4. The number of hydrogen-bond donors (Lipinski definition) is 2. The predicted octanol–water partition coefficient (Wildman–Crippen LogP) is 6.88. The van der Waals surface area contributed by atoms with E-state index in [-0.39, 0.29) is 12.5 Å². The number of amides is 1. The summed E-state index contributed by atoms with van der Waals surface area (Å²) in [5.41, 5.74) is 5.99. The zero-order valence-corrected chi connectivity index (χ0v) is 20.5. The fourth-order valence-corrected chi connectivity index (χ4v) is 5.48. The summed E-state index contributed by atoms with van der Waals surface area (Å²) in [5.74, 6) is 1.38. The summed E-state index contributed by atoms with van der Waals surface area (Å²) in [6, 6.07) is 20.4. The van der Waals surface area contributed by atoms with Crippen molar-refractivity contribution in [1.29, 1.82) is 0 Å². The molecule has 3 aromatic heterocycles. The monoisotopic (exact) mass is 478 g/mol. The number of rotatable bonds is 6. The summed E-state index contributed by atoms with van der Waals surface area (Å²) < 4.78 is 7.48. The van der Waals surface area contributed by atoms with Gasteiger partial charge in [-0.25, -0.2) is 4.98 Å². The van der Waals surface area contributed by atoms with Gasteiger partial charge in [0.2, 0.25) is 5.91 Å². The smallest absolute Gasteiger partial charge is 0.244 e. The van der Waals surface area contributed by atoms with Crippen molar-refractivity contribution in [2.45, 2.75) is 44.6 Å². The van der Waals surface area contributed by atoms with Crippen LogP contribution in [-0.4, -0.2) is 27.6 Å². The molecule has 2 aromatic carbocycles. The van der Waals surface area contributed by atoms with Crippen molar-refractivity contribution in [2.75, 3.05) is 12.4 Å². The van der Waals surface area contributed by atoms with E-state index in [1.54, 1.807) is 13.3 Å². The Hall–Kier alpha value is -4.06. The molecule has 1 fully saturated rings. The van der Waals surface area contributed by atoms with E-state index in [0.29, 0.717) is 5.92 Å². The molecule has 0 radical (unpaired) electrons. The maximum absolute atomic E-state index is 13.0. The lowest BCUT2D eigenvalue weighted by molar-refractivity contribution is -0.116. The van der Waals surface area contributed by atoms with Crippen LogP contribution < -0.4 is 10.1 Å². The molecule has 3 heterocycles. The number of anilines is 1. The van der Waals surface area contributed by atoms with Crippen molar-refractivity contribution in [2.24, 2.45) is 0 Å². The van der Waals surface area contributed by atoms with Crippen molar-refractivity contribution in [1.82, 2.24) is 14.5 Å². The van der Waals surface area contributed by atoms with E-state index in [0.717, 1.165) is 44.6 Å². The average Bonchev–Trinajstić information content (AvgIpc) is 3.50. The van der Waals surface area contributed by atoms with Gasteiger partial charge in [0.1, 0.15) is 17.9 Å². The van der Waals surface area contributed by atoms with Gasteiger partial charge in [-0.2, -0.15) is 0 Å². The van der Waals surface area contributed by atoms with Gasteiger partial charge >= 0.3 is 0 Å². The Kier molecular flexibility index (Phi) is 5.93. The molecule has 1 aliphatic rings. The van der Waals surface area contributed by atoms with E-state index in [4.69, 9.17) is 4.74 Å². The first kappa shape index (κ1) is 22.4. The molecule has 6 rings (SSSR count). The lowest BCUT2D eigenvalue weighted by atomic mass is 9.84. The summed E-state index contributed by atoms with van der Waals surface area (Å²) >= 11 is 0. The number of hydrogen-bond acceptors (Lipinski definition) is 3. The molecular weight excluding hydrogens is 448 g/mol. The van der Waals surface area contributed by atoms with E-state index in [2.05, 4.69) is 33.5 Å². The molecule has 0 bridgehead atoms. The second-order valence-corrected chi connectivity index (χ2v) is 9.68. The molecule has 182 valence electrons. The van der Waals surface area contributed by atoms with Crippen molar-refractivity contribution in [3.8, 4) is 17.0 Å². The Balaban J connectivity index is 1.26. The Labute approximate surface area is 210 Å². The first-order valence-electron chi connectivity index (χ1n) is 12.7. The first-order chi connectivity index (χ1) is 17.7. The van der Waals surface area contributed by atoms with Gasteiger partial charge < -0.3 is 19.6 Å². The summed E-state index contributed by atoms with van der Waals surface area (Å²) in [7, 11) is 1.66. The minimum Gasteiger partial charge on any atom is -0.497 e. The molecule has 0 saturated heterocycles. The molecule has 6 nitrogen and oxygen atoms in total. The number of methoxy groups -OCH3 is 1. The molecule has 6 heteroatoms. The topological polar surface area (TPSA) is 71.9 Å². The van der Waals surface area contributed by atoms with Gasteiger partial charge in [-0.3, -0.25) is 4.79 Å². The molecule has 0 aliphatic heterocycles. The Morgan fingerprint density at radius 1 is 1.08 bits per heavy atom. The maximum Gasteiger partial charge on any atom is 0.244 e. The quantitative estimate of drug-likeness (QED) is 0.279. The number of carbonyl (C=O) groups excluding carboxylic acids is 1. The molecule has 36 heavy (non-hydrogen) atoms. The van der Waals surface area contributed by atoms with Crippen LogP contribution in [-0.2, 0) is 11.3 Å². The van der Waals surface area contributed by atoms with Gasteiger partial charge in [-0.15, -0.1) is 0 Å². The third kappa shape index (κ3) is 4.35. The fraction of sp³-hybridized carbons (Fsp3) is 0.267. The Morgan fingerprint density at radius 2 is 1.92 bits per heavy atom. The number of aromatic nitrogens is 3. The Bertz CT molecular complexity index is 1490. The zero-order chi connectivity index (χ0) is 24.5.